The average Bonchev–Trinajstić information content (AvgIpc) is 3.06. The van der Waals surface area contributed by atoms with Crippen LogP contribution in [0, 0.1) is 5.92 Å². The maximum absolute atomic E-state index is 11.7. The van der Waals surface area contributed by atoms with Gasteiger partial charge in [-0.05, 0) is 96.4 Å². The maximum Gasteiger partial charge on any atom is 0.333 e. The van der Waals surface area contributed by atoms with E-state index in [-0.39, 0.29) is 26.4 Å². The van der Waals surface area contributed by atoms with E-state index in [1.807, 2.05) is 18.2 Å². The van der Waals surface area contributed by atoms with Gasteiger partial charge in [0.2, 0.25) is 0 Å². The van der Waals surface area contributed by atoms with Gasteiger partial charge in [-0.15, -0.1) is 0 Å². The highest BCUT2D eigenvalue weighted by molar-refractivity contribution is 5.86. The Hall–Kier alpha value is -3.57. The molecule has 0 spiro atoms. The Morgan fingerprint density at radius 1 is 0.818 bits per heavy atom. The van der Waals surface area contributed by atoms with E-state index in [0.29, 0.717) is 23.0 Å². The topological polar surface area (TPSA) is 65.0 Å². The van der Waals surface area contributed by atoms with Crippen molar-refractivity contribution >= 4 is 5.97 Å². The first kappa shape index (κ1) is 33.3. The summed E-state index contributed by atoms with van der Waals surface area (Å²) in [6.45, 7) is 10.0. The summed E-state index contributed by atoms with van der Waals surface area (Å²) in [4.78, 5) is 11.7. The third-order valence-electron chi connectivity index (χ3n) is 8.79. The molecule has 44 heavy (non-hydrogen) atoms. The van der Waals surface area contributed by atoms with Crippen LogP contribution in [0.1, 0.15) is 89.2 Å². The highest BCUT2D eigenvalue weighted by Crippen LogP contribution is 2.39. The summed E-state index contributed by atoms with van der Waals surface area (Å²) in [5.74, 6) is 2.26. The van der Waals surface area contributed by atoms with E-state index in [9.17, 15) is 9.90 Å². The van der Waals surface area contributed by atoms with Gasteiger partial charge < -0.3 is 19.3 Å². The first-order valence-electron chi connectivity index (χ1n) is 16.5. The second-order valence-electron chi connectivity index (χ2n) is 12.1. The number of aliphatic hydroxyl groups is 1. The molecular formula is C39H50O5. The van der Waals surface area contributed by atoms with E-state index in [1.54, 1.807) is 6.92 Å². The molecule has 1 saturated carbocycles. The summed E-state index contributed by atoms with van der Waals surface area (Å²) in [6.07, 6.45) is 11.8. The lowest BCUT2D eigenvalue weighted by molar-refractivity contribution is -0.139. The summed E-state index contributed by atoms with van der Waals surface area (Å²) in [5, 5.41) is 9.26. The number of benzene rings is 3. The Labute approximate surface area is 264 Å². The van der Waals surface area contributed by atoms with Crippen LogP contribution >= 0.6 is 0 Å². The molecule has 0 aromatic heterocycles. The lowest BCUT2D eigenvalue weighted by atomic mass is 9.77. The molecular weight excluding hydrogens is 548 g/mol. The monoisotopic (exact) mass is 598 g/mol. The smallest absolute Gasteiger partial charge is 0.333 e. The van der Waals surface area contributed by atoms with E-state index in [2.05, 4.69) is 62.9 Å². The minimum Gasteiger partial charge on any atom is -0.487 e. The third-order valence-corrected chi connectivity index (χ3v) is 8.79. The van der Waals surface area contributed by atoms with Crippen molar-refractivity contribution in [1.29, 1.82) is 0 Å². The van der Waals surface area contributed by atoms with Gasteiger partial charge in [-0.25, -0.2) is 4.79 Å². The molecule has 1 fully saturated rings. The zero-order valence-corrected chi connectivity index (χ0v) is 26.9. The van der Waals surface area contributed by atoms with Gasteiger partial charge in [-0.3, -0.25) is 0 Å². The van der Waals surface area contributed by atoms with E-state index in [4.69, 9.17) is 14.2 Å². The predicted molar refractivity (Wildman–Crippen MR) is 179 cm³/mol. The molecule has 4 rings (SSSR count). The molecule has 0 bridgehead atoms. The molecule has 3 aromatic rings. The van der Waals surface area contributed by atoms with Crippen LogP contribution in [0.2, 0.25) is 0 Å². The molecule has 0 heterocycles. The van der Waals surface area contributed by atoms with Crippen LogP contribution in [0.5, 0.6) is 11.5 Å². The molecule has 0 radical (unpaired) electrons. The van der Waals surface area contributed by atoms with Gasteiger partial charge >= 0.3 is 5.97 Å². The van der Waals surface area contributed by atoms with Crippen LogP contribution in [-0.2, 0) is 16.0 Å². The average molecular weight is 599 g/mol. The number of hydrogen-bond acceptors (Lipinski definition) is 5. The van der Waals surface area contributed by atoms with Gasteiger partial charge in [0.05, 0.1) is 6.61 Å². The number of aliphatic hydroxyl groups excluding tert-OH is 1. The van der Waals surface area contributed by atoms with Crippen molar-refractivity contribution in [1.82, 2.24) is 0 Å². The molecule has 0 unspecified atom stereocenters. The minimum atomic E-state index is -0.443. The summed E-state index contributed by atoms with van der Waals surface area (Å²) < 4.78 is 16.8. The number of hydrogen-bond donors (Lipinski definition) is 1. The molecule has 236 valence electrons. The van der Waals surface area contributed by atoms with Crippen molar-refractivity contribution in [3.05, 3.63) is 83.9 Å². The summed E-state index contributed by atoms with van der Waals surface area (Å²) in [5.41, 5.74) is 7.69. The van der Waals surface area contributed by atoms with Crippen molar-refractivity contribution < 1.29 is 24.1 Å². The molecule has 0 saturated heterocycles. The quantitative estimate of drug-likeness (QED) is 0.101. The molecule has 1 aliphatic rings. The van der Waals surface area contributed by atoms with Gasteiger partial charge in [0.25, 0.3) is 0 Å². The Morgan fingerprint density at radius 2 is 1.52 bits per heavy atom. The molecule has 1 N–H and O–H groups in total. The number of rotatable bonds is 16. The van der Waals surface area contributed by atoms with Gasteiger partial charge in [-0.1, -0.05) is 94.6 Å². The van der Waals surface area contributed by atoms with Crippen molar-refractivity contribution in [2.75, 3.05) is 26.4 Å². The van der Waals surface area contributed by atoms with Gasteiger partial charge in [-0.2, -0.15) is 0 Å². The number of ether oxygens (including phenoxy) is 3. The van der Waals surface area contributed by atoms with Gasteiger partial charge in [0, 0.05) is 5.57 Å². The molecule has 0 amide bonds. The highest BCUT2D eigenvalue weighted by atomic mass is 16.6. The molecule has 3 aromatic carbocycles. The largest absolute Gasteiger partial charge is 0.487 e. The van der Waals surface area contributed by atoms with E-state index >= 15 is 0 Å². The zero-order chi connectivity index (χ0) is 31.3. The van der Waals surface area contributed by atoms with E-state index < -0.39 is 5.97 Å². The van der Waals surface area contributed by atoms with Crippen molar-refractivity contribution in [2.24, 2.45) is 5.92 Å². The molecule has 5 nitrogen and oxygen atoms in total. The lowest BCUT2D eigenvalue weighted by Crippen LogP contribution is -2.13. The SMILES string of the molecule is C=C(C)C(=O)OCCOc1cc(-c2ccc(-c3ccc(C4CCC(CCCCC)CC4)cc3)cc2CC)ccc1OCCO. The van der Waals surface area contributed by atoms with Crippen LogP contribution in [0.3, 0.4) is 0 Å². The van der Waals surface area contributed by atoms with Crippen molar-refractivity contribution in [3.63, 3.8) is 0 Å². The normalized spacial score (nSPS) is 16.4. The fraction of sp³-hybridized carbons (Fsp3) is 0.462. The van der Waals surface area contributed by atoms with Crippen LogP contribution in [0.25, 0.3) is 22.3 Å². The number of carbonyl (C=O) groups is 1. The second kappa shape index (κ2) is 17.1. The first-order valence-corrected chi connectivity index (χ1v) is 16.5. The maximum atomic E-state index is 11.7. The Bertz CT molecular complexity index is 1350. The van der Waals surface area contributed by atoms with Crippen LogP contribution in [0.15, 0.2) is 72.8 Å². The van der Waals surface area contributed by atoms with Crippen molar-refractivity contribution in [3.8, 4) is 33.8 Å². The number of aryl methyl sites for hydroxylation is 1. The van der Waals surface area contributed by atoms with Crippen LogP contribution in [0.4, 0.5) is 0 Å². The van der Waals surface area contributed by atoms with Crippen LogP contribution < -0.4 is 9.47 Å². The van der Waals surface area contributed by atoms with Crippen molar-refractivity contribution in [2.45, 2.75) is 84.5 Å². The number of unbranched alkanes of at least 4 members (excludes halogenated alkanes) is 2. The predicted octanol–water partition coefficient (Wildman–Crippen LogP) is 9.31. The van der Waals surface area contributed by atoms with E-state index in [1.165, 1.54) is 73.6 Å². The minimum absolute atomic E-state index is 0.0971. The number of esters is 1. The lowest BCUT2D eigenvalue weighted by Gasteiger charge is -2.29. The van der Waals surface area contributed by atoms with E-state index in [0.717, 1.165) is 23.5 Å². The zero-order valence-electron chi connectivity index (χ0n) is 26.9. The first-order chi connectivity index (χ1) is 21.4. The summed E-state index contributed by atoms with van der Waals surface area (Å²) in [6, 6.07) is 21.8. The van der Waals surface area contributed by atoms with Gasteiger partial charge in [0.15, 0.2) is 11.5 Å². The second-order valence-corrected chi connectivity index (χ2v) is 12.1. The molecule has 1 aliphatic carbocycles. The number of carbonyl (C=O) groups excluding carboxylic acids is 1. The summed E-state index contributed by atoms with van der Waals surface area (Å²) in [7, 11) is 0. The van der Waals surface area contributed by atoms with Gasteiger partial charge in [0.1, 0.15) is 19.8 Å². The molecule has 0 aliphatic heterocycles. The molecule has 0 atom stereocenters. The Kier molecular flexibility index (Phi) is 12.9. The Morgan fingerprint density at radius 3 is 2.20 bits per heavy atom. The standard InChI is InChI=1S/C39H50O5/c1-5-7-8-9-29-10-12-31(13-11-29)32-14-16-33(17-15-32)34-18-20-36(30(6-2)26-34)35-19-21-37(42-23-22-40)38(27-35)43-24-25-44-39(41)28(3)4/h14-21,26-27,29,31,40H,3,5-13,22-25H2,1-2,4H3. The molecule has 5 heteroatoms. The highest BCUT2D eigenvalue weighted by Gasteiger charge is 2.22. The summed E-state index contributed by atoms with van der Waals surface area (Å²) >= 11 is 0. The third kappa shape index (κ3) is 9.22. The fourth-order valence-corrected chi connectivity index (χ4v) is 6.24. The Balaban J connectivity index is 1.45. The fourth-order valence-electron chi connectivity index (χ4n) is 6.24. The van der Waals surface area contributed by atoms with Crippen LogP contribution in [-0.4, -0.2) is 37.5 Å².